The number of hydrogen-bond acceptors (Lipinski definition) is 2. The Labute approximate surface area is 105 Å². The van der Waals surface area contributed by atoms with E-state index in [1.807, 2.05) is 0 Å². The molecule has 0 radical (unpaired) electrons. The number of likely N-dealkylation sites (tertiary alicyclic amines) is 1. The van der Waals surface area contributed by atoms with Crippen LogP contribution < -0.4 is 5.73 Å². The van der Waals surface area contributed by atoms with Crippen LogP contribution in [0.25, 0.3) is 0 Å². The number of carbonyl (C=O) groups excluding carboxylic acids is 1. The fraction of sp³-hybridized carbons (Fsp3) is 0.900. The lowest BCUT2D eigenvalue weighted by molar-refractivity contribution is -0.192. The van der Waals surface area contributed by atoms with Crippen LogP contribution in [0.3, 0.4) is 0 Å². The molecule has 0 aliphatic carbocycles. The Morgan fingerprint density at radius 2 is 1.94 bits per heavy atom. The van der Waals surface area contributed by atoms with Crippen molar-refractivity contribution in [2.75, 3.05) is 6.54 Å². The molecule has 0 saturated carbocycles. The third-order valence-electron chi connectivity index (χ3n) is 3.24. The third-order valence-corrected chi connectivity index (χ3v) is 3.24. The largest absolute Gasteiger partial charge is 0.394 e. The van der Waals surface area contributed by atoms with Gasteiger partial charge in [-0.15, -0.1) is 12.4 Å². The highest BCUT2D eigenvalue weighted by atomic mass is 35.5. The van der Waals surface area contributed by atoms with Crippen molar-refractivity contribution < 1.29 is 18.0 Å². The second-order valence-electron chi connectivity index (χ2n) is 4.82. The molecule has 1 amide bonds. The number of nitrogens with zero attached hydrogens (tertiary/aromatic N) is 1. The number of alkyl halides is 3. The summed E-state index contributed by atoms with van der Waals surface area (Å²) in [6.07, 6.45) is -4.31. The van der Waals surface area contributed by atoms with Gasteiger partial charge in [-0.05, 0) is 27.2 Å². The molecule has 1 unspecified atom stereocenters. The Bertz CT molecular complexity index is 292. The van der Waals surface area contributed by atoms with E-state index in [9.17, 15) is 18.0 Å². The van der Waals surface area contributed by atoms with Crippen molar-refractivity contribution in [3.05, 3.63) is 0 Å². The van der Waals surface area contributed by atoms with Crippen LogP contribution in [-0.4, -0.2) is 35.1 Å². The summed E-state index contributed by atoms with van der Waals surface area (Å²) in [5, 5.41) is 0. The number of carbonyl (C=O) groups is 1. The number of nitrogens with two attached hydrogens (primary N) is 1. The second-order valence-corrected chi connectivity index (χ2v) is 4.82. The van der Waals surface area contributed by atoms with Crippen molar-refractivity contribution in [3.63, 3.8) is 0 Å². The summed E-state index contributed by atoms with van der Waals surface area (Å²) in [7, 11) is 0. The zero-order chi connectivity index (χ0) is 12.7. The van der Waals surface area contributed by atoms with E-state index in [1.165, 1.54) is 25.7 Å². The van der Waals surface area contributed by atoms with Crippen molar-refractivity contribution in [3.8, 4) is 0 Å². The lowest BCUT2D eigenvalue weighted by atomic mass is 9.87. The maximum atomic E-state index is 12.7. The minimum atomic E-state index is -4.27. The van der Waals surface area contributed by atoms with Crippen molar-refractivity contribution in [2.24, 2.45) is 11.7 Å². The van der Waals surface area contributed by atoms with Crippen LogP contribution in [-0.2, 0) is 4.79 Å². The van der Waals surface area contributed by atoms with Crippen molar-refractivity contribution in [2.45, 2.75) is 44.9 Å². The summed E-state index contributed by atoms with van der Waals surface area (Å²) in [4.78, 5) is 12.9. The lowest BCUT2D eigenvalue weighted by Gasteiger charge is -2.37. The van der Waals surface area contributed by atoms with E-state index < -0.39 is 29.6 Å². The third kappa shape index (κ3) is 3.04. The molecule has 0 aromatic rings. The molecule has 17 heavy (non-hydrogen) atoms. The normalized spacial score (nSPS) is 25.4. The minimum absolute atomic E-state index is 0. The summed E-state index contributed by atoms with van der Waals surface area (Å²) in [5.74, 6) is -1.89. The van der Waals surface area contributed by atoms with Gasteiger partial charge in [0.25, 0.3) is 0 Å². The number of amides is 1. The monoisotopic (exact) mass is 274 g/mol. The molecule has 7 heteroatoms. The van der Waals surface area contributed by atoms with E-state index in [1.54, 1.807) is 0 Å². The number of hydrogen-bond donors (Lipinski definition) is 1. The van der Waals surface area contributed by atoms with Gasteiger partial charge in [0.1, 0.15) is 0 Å². The molecular formula is C10H18ClF3N2O. The summed E-state index contributed by atoms with van der Waals surface area (Å²) < 4.78 is 38.2. The van der Waals surface area contributed by atoms with Gasteiger partial charge in [-0.2, -0.15) is 13.2 Å². The molecule has 1 fully saturated rings. The molecule has 1 saturated heterocycles. The first-order chi connectivity index (χ1) is 7.08. The highest BCUT2D eigenvalue weighted by molar-refractivity contribution is 5.85. The minimum Gasteiger partial charge on any atom is -0.336 e. The molecule has 1 heterocycles. The smallest absolute Gasteiger partial charge is 0.336 e. The van der Waals surface area contributed by atoms with Gasteiger partial charge >= 0.3 is 6.18 Å². The van der Waals surface area contributed by atoms with Gasteiger partial charge in [0.05, 0.1) is 12.0 Å². The fourth-order valence-electron chi connectivity index (χ4n) is 2.29. The average Bonchev–Trinajstić information content (AvgIpc) is 2.38. The molecule has 1 aliphatic heterocycles. The Hall–Kier alpha value is -0.490. The maximum Gasteiger partial charge on any atom is 0.394 e. The molecule has 2 atom stereocenters. The quantitative estimate of drug-likeness (QED) is 0.794. The molecule has 0 aromatic carbocycles. The predicted octanol–water partition coefficient (Wildman–Crippen LogP) is 1.94. The molecule has 0 bridgehead atoms. The Kier molecular flexibility index (Phi) is 4.87. The van der Waals surface area contributed by atoms with Gasteiger partial charge < -0.3 is 10.6 Å². The van der Waals surface area contributed by atoms with E-state index in [2.05, 4.69) is 0 Å². The molecule has 3 nitrogen and oxygen atoms in total. The molecule has 0 spiro atoms. The summed E-state index contributed by atoms with van der Waals surface area (Å²) in [5.41, 5.74) is 4.21. The van der Waals surface area contributed by atoms with Gasteiger partial charge in [-0.3, -0.25) is 4.79 Å². The first-order valence-electron chi connectivity index (χ1n) is 5.22. The molecule has 2 N–H and O–H groups in total. The van der Waals surface area contributed by atoms with Crippen LogP contribution in [0.4, 0.5) is 13.2 Å². The van der Waals surface area contributed by atoms with Crippen LogP contribution >= 0.6 is 12.4 Å². The second kappa shape index (κ2) is 5.02. The predicted molar refractivity (Wildman–Crippen MR) is 60.9 cm³/mol. The van der Waals surface area contributed by atoms with E-state index in [0.717, 1.165) is 0 Å². The summed E-state index contributed by atoms with van der Waals surface area (Å²) in [6, 6.07) is -0.758. The molecule has 102 valence electrons. The Morgan fingerprint density at radius 3 is 2.24 bits per heavy atom. The van der Waals surface area contributed by atoms with Gasteiger partial charge in [0.2, 0.25) is 5.91 Å². The van der Waals surface area contributed by atoms with Crippen molar-refractivity contribution >= 4 is 18.3 Å². The van der Waals surface area contributed by atoms with E-state index in [0.29, 0.717) is 0 Å². The number of rotatable bonds is 1. The van der Waals surface area contributed by atoms with E-state index in [-0.39, 0.29) is 25.4 Å². The summed E-state index contributed by atoms with van der Waals surface area (Å²) >= 11 is 0. The summed E-state index contributed by atoms with van der Waals surface area (Å²) in [6.45, 7) is 4.49. The first-order valence-corrected chi connectivity index (χ1v) is 5.22. The van der Waals surface area contributed by atoms with E-state index >= 15 is 0 Å². The van der Waals surface area contributed by atoms with Crippen molar-refractivity contribution in [1.29, 1.82) is 0 Å². The Balaban J connectivity index is 0.00000256. The lowest BCUT2D eigenvalue weighted by Crippen LogP contribution is -2.53. The molecule has 0 aromatic heterocycles. The van der Waals surface area contributed by atoms with Gasteiger partial charge in [0, 0.05) is 12.1 Å². The SMILES string of the molecule is C[C@@H](N)C(=O)N1CCC(C(F)(F)F)C1(C)C.Cl. The van der Waals surface area contributed by atoms with Gasteiger partial charge in [0.15, 0.2) is 0 Å². The maximum absolute atomic E-state index is 12.7. The fourth-order valence-corrected chi connectivity index (χ4v) is 2.29. The van der Waals surface area contributed by atoms with E-state index in [4.69, 9.17) is 5.73 Å². The van der Waals surface area contributed by atoms with Crippen LogP contribution in [0.15, 0.2) is 0 Å². The van der Waals surface area contributed by atoms with Crippen LogP contribution in [0.2, 0.25) is 0 Å². The van der Waals surface area contributed by atoms with Gasteiger partial charge in [-0.1, -0.05) is 0 Å². The van der Waals surface area contributed by atoms with Crippen LogP contribution in [0.5, 0.6) is 0 Å². The molecule has 1 aliphatic rings. The number of halogens is 4. The molecule has 1 rings (SSSR count). The van der Waals surface area contributed by atoms with Gasteiger partial charge in [-0.25, -0.2) is 0 Å². The standard InChI is InChI=1S/C10H17F3N2O.ClH/c1-6(14)8(16)15-5-4-7(9(15,2)3)10(11,12)13;/h6-7H,4-5,14H2,1-3H3;1H/t6-,7?;/m1./s1. The topological polar surface area (TPSA) is 46.3 Å². The van der Waals surface area contributed by atoms with Crippen LogP contribution in [0, 0.1) is 5.92 Å². The Morgan fingerprint density at radius 1 is 1.47 bits per heavy atom. The highest BCUT2D eigenvalue weighted by Gasteiger charge is 2.56. The molecular weight excluding hydrogens is 257 g/mol. The first kappa shape index (κ1) is 16.5. The average molecular weight is 275 g/mol. The van der Waals surface area contributed by atoms with Crippen molar-refractivity contribution in [1.82, 2.24) is 4.90 Å². The zero-order valence-electron chi connectivity index (χ0n) is 10.0. The van der Waals surface area contributed by atoms with Crippen LogP contribution in [0.1, 0.15) is 27.2 Å². The highest BCUT2D eigenvalue weighted by Crippen LogP contribution is 2.44. The zero-order valence-corrected chi connectivity index (χ0v) is 10.9.